The Labute approximate surface area is 318 Å². The number of benzene rings is 2. The Kier molecular flexibility index (Phi) is 9.71. The minimum absolute atomic E-state index is 0.0809. The number of unbranched alkanes of at least 4 members (excludes halogenated alkanes) is 1. The number of pyridine rings is 2. The number of imide groups is 2. The van der Waals surface area contributed by atoms with Crippen LogP contribution in [0, 0.1) is 17.8 Å². The fourth-order valence-corrected chi connectivity index (χ4v) is 8.60. The lowest BCUT2D eigenvalue weighted by atomic mass is 9.82. The lowest BCUT2D eigenvalue weighted by Crippen LogP contribution is -2.63. The fourth-order valence-electron chi connectivity index (χ4n) is 8.60. The van der Waals surface area contributed by atoms with Gasteiger partial charge in [-0.1, -0.05) is 11.8 Å². The van der Waals surface area contributed by atoms with Crippen molar-refractivity contribution in [3.05, 3.63) is 87.6 Å². The van der Waals surface area contributed by atoms with E-state index in [-0.39, 0.29) is 29.5 Å². The van der Waals surface area contributed by atoms with E-state index in [0.29, 0.717) is 35.9 Å². The molecule has 3 fully saturated rings. The summed E-state index contributed by atoms with van der Waals surface area (Å²) in [5, 5.41) is 3.61. The Balaban J connectivity index is 0.850. The molecule has 4 aliphatic heterocycles. The molecule has 0 radical (unpaired) electrons. The van der Waals surface area contributed by atoms with Crippen LogP contribution in [-0.4, -0.2) is 100 Å². The summed E-state index contributed by atoms with van der Waals surface area (Å²) in [7, 11) is 5.11. The Hall–Kier alpha value is -5.84. The molecule has 3 atom stereocenters. The molecule has 282 valence electrons. The van der Waals surface area contributed by atoms with Crippen molar-refractivity contribution in [3.63, 3.8) is 0 Å². The van der Waals surface area contributed by atoms with Crippen molar-refractivity contribution in [2.45, 2.75) is 50.7 Å². The Morgan fingerprint density at radius 1 is 0.909 bits per heavy atom. The maximum atomic E-state index is 13.1. The van der Waals surface area contributed by atoms with E-state index in [1.54, 1.807) is 56.4 Å². The molecule has 6 heterocycles. The zero-order valence-electron chi connectivity index (χ0n) is 31.1. The van der Waals surface area contributed by atoms with E-state index in [9.17, 15) is 24.0 Å². The summed E-state index contributed by atoms with van der Waals surface area (Å²) in [5.41, 5.74) is 3.84. The Morgan fingerprint density at radius 3 is 2.44 bits per heavy atom. The minimum Gasteiger partial charge on any atom is -0.496 e. The third-order valence-electron chi connectivity index (χ3n) is 11.4. The van der Waals surface area contributed by atoms with Crippen molar-refractivity contribution >= 4 is 34.4 Å². The second-order valence-electron chi connectivity index (χ2n) is 14.7. The number of carbonyl (C=O) groups excluding carboxylic acids is 4. The van der Waals surface area contributed by atoms with E-state index < -0.39 is 29.7 Å². The van der Waals surface area contributed by atoms with Crippen molar-refractivity contribution < 1.29 is 28.7 Å². The molecule has 13 heteroatoms. The predicted octanol–water partition coefficient (Wildman–Crippen LogP) is 3.36. The van der Waals surface area contributed by atoms with Crippen molar-refractivity contribution in [2.24, 2.45) is 13.0 Å². The molecule has 0 bridgehead atoms. The van der Waals surface area contributed by atoms with Gasteiger partial charge in [0.25, 0.3) is 17.4 Å². The van der Waals surface area contributed by atoms with Gasteiger partial charge in [-0.3, -0.25) is 49.0 Å². The lowest BCUT2D eigenvalue weighted by molar-refractivity contribution is -0.136. The largest absolute Gasteiger partial charge is 0.496 e. The van der Waals surface area contributed by atoms with Crippen LogP contribution in [0.4, 0.5) is 0 Å². The third-order valence-corrected chi connectivity index (χ3v) is 11.4. The van der Waals surface area contributed by atoms with Gasteiger partial charge in [-0.15, -0.1) is 0 Å². The second kappa shape index (κ2) is 14.8. The van der Waals surface area contributed by atoms with Gasteiger partial charge in [-0.05, 0) is 79.1 Å². The molecule has 4 aliphatic rings. The number of nitrogens with one attached hydrogen (secondary N) is 1. The summed E-state index contributed by atoms with van der Waals surface area (Å²) in [6.45, 7) is 4.67. The topological polar surface area (TPSA) is 143 Å². The third kappa shape index (κ3) is 6.66. The van der Waals surface area contributed by atoms with Gasteiger partial charge in [0, 0.05) is 81.8 Å². The van der Waals surface area contributed by atoms with Crippen LogP contribution in [-0.2, 0) is 23.2 Å². The minimum atomic E-state index is -0.988. The van der Waals surface area contributed by atoms with Crippen molar-refractivity contribution in [1.82, 2.24) is 29.6 Å². The molecule has 1 N–H and O–H groups in total. The number of carbonyl (C=O) groups is 4. The van der Waals surface area contributed by atoms with Gasteiger partial charge in [0.05, 0.1) is 36.3 Å². The Bertz CT molecular complexity index is 2350. The number of nitrogens with zero attached hydrogens (tertiary/aromatic N) is 5. The first-order valence-corrected chi connectivity index (χ1v) is 18.6. The summed E-state index contributed by atoms with van der Waals surface area (Å²) in [6, 6.07) is 10.4. The van der Waals surface area contributed by atoms with Crippen LogP contribution < -0.4 is 20.3 Å². The first kappa shape index (κ1) is 36.2. The van der Waals surface area contributed by atoms with Gasteiger partial charge in [-0.25, -0.2) is 0 Å². The standard InChI is InChI=1S/C42H42N6O7/c1-45-23-32(28-12-14-43-20-31(28)40(45)51)26-18-36(54-2)33(37(19-26)55-3)24-46-16-13-34-27(21-46)22-47(34)15-6-4-5-7-25-8-9-29-30(17-25)42(53)48(41(29)52)35-10-11-38(49)44-39(35)50/h8-9,12,14,17-20,23,27,34-35H,4,6,10-11,13,15-16,21-22,24H2,1-3H3,(H,44,49,50). The fraction of sp³-hybridized carbons (Fsp3) is 0.381. The molecule has 2 aromatic carbocycles. The molecule has 55 heavy (non-hydrogen) atoms. The monoisotopic (exact) mass is 742 g/mol. The highest BCUT2D eigenvalue weighted by molar-refractivity contribution is 6.23. The quantitative estimate of drug-likeness (QED) is 0.154. The summed E-state index contributed by atoms with van der Waals surface area (Å²) in [5.74, 6) is 6.38. The molecule has 3 saturated heterocycles. The number of fused-ring (bicyclic) bond motifs is 3. The van der Waals surface area contributed by atoms with Gasteiger partial charge < -0.3 is 14.0 Å². The number of piperidine rings is 2. The summed E-state index contributed by atoms with van der Waals surface area (Å²) in [6.07, 6.45) is 8.06. The maximum Gasteiger partial charge on any atom is 0.262 e. The molecular weight excluding hydrogens is 700 g/mol. The van der Waals surface area contributed by atoms with Gasteiger partial charge in [0.1, 0.15) is 17.5 Å². The number of methoxy groups -OCH3 is 2. The zero-order chi connectivity index (χ0) is 38.4. The molecule has 0 saturated carbocycles. The molecule has 8 rings (SSSR count). The average molecular weight is 743 g/mol. The summed E-state index contributed by atoms with van der Waals surface area (Å²) in [4.78, 5) is 73.0. The molecule has 0 spiro atoms. The van der Waals surface area contributed by atoms with Crippen molar-refractivity contribution in [3.8, 4) is 34.5 Å². The van der Waals surface area contributed by atoms with Gasteiger partial charge in [0.15, 0.2) is 0 Å². The zero-order valence-corrected chi connectivity index (χ0v) is 31.1. The van der Waals surface area contributed by atoms with Gasteiger partial charge in [0.2, 0.25) is 11.8 Å². The first-order chi connectivity index (χ1) is 26.6. The van der Waals surface area contributed by atoms with E-state index in [1.807, 2.05) is 24.4 Å². The highest BCUT2D eigenvalue weighted by Crippen LogP contribution is 2.40. The Morgan fingerprint density at radius 2 is 1.69 bits per heavy atom. The normalized spacial score (nSPS) is 21.1. The van der Waals surface area contributed by atoms with E-state index >= 15 is 0 Å². The maximum absolute atomic E-state index is 13.1. The van der Waals surface area contributed by atoms with E-state index in [4.69, 9.17) is 9.47 Å². The van der Waals surface area contributed by atoms with Crippen LogP contribution in [0.3, 0.4) is 0 Å². The highest BCUT2D eigenvalue weighted by Gasteiger charge is 2.45. The molecule has 0 aliphatic carbocycles. The van der Waals surface area contributed by atoms with Crippen molar-refractivity contribution in [2.75, 3.05) is 40.4 Å². The average Bonchev–Trinajstić information content (AvgIpc) is 3.42. The smallest absolute Gasteiger partial charge is 0.262 e. The molecule has 4 aromatic rings. The molecular formula is C42H42N6O7. The van der Waals surface area contributed by atoms with E-state index in [1.165, 1.54) is 0 Å². The number of aryl methyl sites for hydroxylation is 1. The van der Waals surface area contributed by atoms with Crippen LogP contribution in [0.25, 0.3) is 21.9 Å². The summed E-state index contributed by atoms with van der Waals surface area (Å²) < 4.78 is 13.4. The molecule has 2 aromatic heterocycles. The predicted molar refractivity (Wildman–Crippen MR) is 203 cm³/mol. The van der Waals surface area contributed by atoms with Gasteiger partial charge >= 0.3 is 0 Å². The lowest BCUT2D eigenvalue weighted by Gasteiger charge is -2.53. The molecule has 13 nitrogen and oxygen atoms in total. The number of ether oxygens (including phenoxy) is 2. The van der Waals surface area contributed by atoms with Gasteiger partial charge in [-0.2, -0.15) is 0 Å². The van der Waals surface area contributed by atoms with Crippen molar-refractivity contribution in [1.29, 1.82) is 0 Å². The SMILES string of the molecule is COc1cc(-c2cn(C)c(=O)c3cnccc23)cc(OC)c1CN1CCC2C(C1)CN2CCCC#Cc1ccc2c(c1)C(=O)N(C1CCC(=O)NC1=O)C2=O. The molecule has 4 amide bonds. The number of hydrogen-bond donors (Lipinski definition) is 1. The molecule has 3 unspecified atom stereocenters. The number of hydrogen-bond acceptors (Lipinski definition) is 10. The number of amides is 4. The number of rotatable bonds is 9. The summed E-state index contributed by atoms with van der Waals surface area (Å²) >= 11 is 0. The van der Waals surface area contributed by atoms with Crippen LogP contribution in [0.1, 0.15) is 63.9 Å². The first-order valence-electron chi connectivity index (χ1n) is 18.6. The number of likely N-dealkylation sites (tertiary alicyclic amines) is 2. The van der Waals surface area contributed by atoms with E-state index in [0.717, 1.165) is 77.5 Å². The van der Waals surface area contributed by atoms with Crippen LogP contribution >= 0.6 is 0 Å². The second-order valence-corrected chi connectivity index (χ2v) is 14.7. The highest BCUT2D eigenvalue weighted by atomic mass is 16.5. The van der Waals surface area contributed by atoms with Crippen LogP contribution in [0.2, 0.25) is 0 Å². The number of aromatic nitrogens is 2. The van der Waals surface area contributed by atoms with Crippen LogP contribution in [0.15, 0.2) is 59.8 Å². The van der Waals surface area contributed by atoms with E-state index in [2.05, 4.69) is 31.9 Å². The van der Waals surface area contributed by atoms with Crippen LogP contribution in [0.5, 0.6) is 11.5 Å².